The van der Waals surface area contributed by atoms with Crippen LogP contribution in [-0.4, -0.2) is 135 Å². The van der Waals surface area contributed by atoms with E-state index in [0.717, 1.165) is 57.8 Å². The van der Waals surface area contributed by atoms with Gasteiger partial charge in [0, 0.05) is 45.2 Å². The molecule has 1 saturated heterocycles. The molecule has 55 heavy (non-hydrogen) atoms. The third-order valence-corrected chi connectivity index (χ3v) is 8.11. The molecule has 1 heterocycles. The van der Waals surface area contributed by atoms with Crippen LogP contribution in [0, 0.1) is 0 Å². The minimum absolute atomic E-state index is 0.00268. The first-order valence-corrected chi connectivity index (χ1v) is 19.1. The summed E-state index contributed by atoms with van der Waals surface area (Å²) in [5.41, 5.74) is 0. The van der Waals surface area contributed by atoms with Crippen molar-refractivity contribution in [2.45, 2.75) is 115 Å². The molecule has 0 radical (unpaired) electrons. The first-order chi connectivity index (χ1) is 26.5. The smallest absolute Gasteiger partial charge is 0.358 e. The highest BCUT2D eigenvalue weighted by Crippen LogP contribution is 2.13. The van der Waals surface area contributed by atoms with Crippen molar-refractivity contribution in [1.29, 1.82) is 0 Å². The van der Waals surface area contributed by atoms with Gasteiger partial charge in [-0.3, -0.25) is 28.8 Å². The molecule has 0 aromatic heterocycles. The lowest BCUT2D eigenvalue weighted by Gasteiger charge is -2.14. The van der Waals surface area contributed by atoms with Crippen LogP contribution in [0.4, 0.5) is 0 Å². The number of amides is 5. The molecule has 0 aromatic rings. The summed E-state index contributed by atoms with van der Waals surface area (Å²) in [6.45, 7) is 0.748. The van der Waals surface area contributed by atoms with Gasteiger partial charge in [-0.2, -0.15) is 0 Å². The maximum Gasteiger partial charge on any atom is 0.358 e. The van der Waals surface area contributed by atoms with E-state index in [2.05, 4.69) is 20.8 Å². The van der Waals surface area contributed by atoms with Crippen LogP contribution in [0.1, 0.15) is 109 Å². The summed E-state index contributed by atoms with van der Waals surface area (Å²) in [6, 6.07) is -1.06. The van der Waals surface area contributed by atoms with Gasteiger partial charge in [0.25, 0.3) is 11.8 Å². The van der Waals surface area contributed by atoms with Gasteiger partial charge < -0.3 is 49.9 Å². The fraction of sp³-hybridized carbons (Fsp3) is 0.778. The van der Waals surface area contributed by atoms with Crippen LogP contribution in [0.2, 0.25) is 0 Å². The summed E-state index contributed by atoms with van der Waals surface area (Å²) >= 11 is 0. The number of carboxylic acid groups (broad SMARTS) is 2. The summed E-state index contributed by atoms with van der Waals surface area (Å²) in [7, 11) is 0. The van der Waals surface area contributed by atoms with Gasteiger partial charge in [0.05, 0.1) is 39.6 Å². The number of ether oxygens (including phenoxy) is 4. The van der Waals surface area contributed by atoms with Gasteiger partial charge in [0.1, 0.15) is 19.3 Å². The Bertz CT molecular complexity index is 1170. The number of nitrogens with zero attached hydrogens (tertiary/aromatic N) is 1. The highest BCUT2D eigenvalue weighted by atomic mass is 16.7. The number of carbonyl (C=O) groups excluding carboxylic acids is 6. The molecule has 314 valence electrons. The van der Waals surface area contributed by atoms with Crippen LogP contribution >= 0.6 is 0 Å². The van der Waals surface area contributed by atoms with Crippen molar-refractivity contribution >= 4 is 47.4 Å². The molecule has 0 bridgehead atoms. The van der Waals surface area contributed by atoms with E-state index in [4.69, 9.17) is 24.1 Å². The Morgan fingerprint density at radius 1 is 0.564 bits per heavy atom. The van der Waals surface area contributed by atoms with Crippen molar-refractivity contribution in [2.75, 3.05) is 65.9 Å². The van der Waals surface area contributed by atoms with Crippen molar-refractivity contribution < 1.29 is 72.4 Å². The standard InChI is InChI=1S/C36H60N4O15/c41-29(14-11-12-28(36(49)50)39-30(42)13-9-7-5-3-1-2-4-6-8-10-15-34(46)47)37-18-20-51-22-24-53-26-31(43)38-19-21-52-23-25-54-27-35(48)55-40-32(44)16-17-33(40)45/h28H,1-27H2,(H,37,41)(H,38,43)(H,39,42)(H,46,47)(H,49,50)/t28-/m0/s1. The lowest BCUT2D eigenvalue weighted by molar-refractivity contribution is -0.200. The summed E-state index contributed by atoms with van der Waals surface area (Å²) in [5, 5.41) is 26.4. The summed E-state index contributed by atoms with van der Waals surface area (Å²) in [4.78, 5) is 97.3. The van der Waals surface area contributed by atoms with Gasteiger partial charge >= 0.3 is 17.9 Å². The van der Waals surface area contributed by atoms with Crippen LogP contribution in [-0.2, 0) is 62.1 Å². The number of carboxylic acids is 2. The number of hydrogen-bond acceptors (Lipinski definition) is 13. The number of unbranched alkanes of at least 4 members (excludes halogenated alkanes) is 9. The van der Waals surface area contributed by atoms with E-state index in [9.17, 15) is 43.5 Å². The lowest BCUT2D eigenvalue weighted by atomic mass is 10.0. The molecule has 1 fully saturated rings. The van der Waals surface area contributed by atoms with Gasteiger partial charge in [-0.1, -0.05) is 51.4 Å². The zero-order valence-electron chi connectivity index (χ0n) is 31.8. The highest BCUT2D eigenvalue weighted by Gasteiger charge is 2.32. The van der Waals surface area contributed by atoms with E-state index in [1.165, 1.54) is 0 Å². The summed E-state index contributed by atoms with van der Waals surface area (Å²) in [5.74, 6) is -4.86. The van der Waals surface area contributed by atoms with E-state index in [1.54, 1.807) is 0 Å². The van der Waals surface area contributed by atoms with E-state index in [-0.39, 0.29) is 122 Å². The molecule has 0 saturated carbocycles. The van der Waals surface area contributed by atoms with Gasteiger partial charge in [-0.15, -0.1) is 5.06 Å². The Balaban J connectivity index is 1.92. The van der Waals surface area contributed by atoms with E-state index in [1.807, 2.05) is 0 Å². The van der Waals surface area contributed by atoms with Crippen LogP contribution in [0.25, 0.3) is 0 Å². The zero-order chi connectivity index (χ0) is 40.5. The lowest BCUT2D eigenvalue weighted by Crippen LogP contribution is -2.40. The summed E-state index contributed by atoms with van der Waals surface area (Å²) < 4.78 is 20.9. The minimum atomic E-state index is -1.14. The average Bonchev–Trinajstić information content (AvgIpc) is 3.45. The molecule has 5 amide bonds. The molecule has 19 nitrogen and oxygen atoms in total. The van der Waals surface area contributed by atoms with Gasteiger partial charge in [-0.05, 0) is 25.7 Å². The predicted molar refractivity (Wildman–Crippen MR) is 193 cm³/mol. The minimum Gasteiger partial charge on any atom is -0.481 e. The maximum atomic E-state index is 12.2. The van der Waals surface area contributed by atoms with Crippen molar-refractivity contribution in [2.24, 2.45) is 0 Å². The van der Waals surface area contributed by atoms with Crippen LogP contribution in [0.5, 0.6) is 0 Å². The number of imide groups is 1. The topological polar surface area (TPSA) is 262 Å². The molecular weight excluding hydrogens is 728 g/mol. The quantitative estimate of drug-likeness (QED) is 0.0444. The second-order valence-corrected chi connectivity index (χ2v) is 12.9. The van der Waals surface area contributed by atoms with Crippen molar-refractivity contribution in [3.63, 3.8) is 0 Å². The molecule has 0 aromatic carbocycles. The number of carbonyl (C=O) groups is 8. The molecule has 0 aliphatic carbocycles. The molecular formula is C36H60N4O15. The molecule has 1 atom stereocenters. The maximum absolute atomic E-state index is 12.2. The number of hydroxylamine groups is 2. The fourth-order valence-corrected chi connectivity index (χ4v) is 5.18. The molecule has 19 heteroatoms. The highest BCUT2D eigenvalue weighted by molar-refractivity contribution is 6.01. The van der Waals surface area contributed by atoms with E-state index < -0.39 is 42.4 Å². The third kappa shape index (κ3) is 28.0. The fourth-order valence-electron chi connectivity index (χ4n) is 5.18. The van der Waals surface area contributed by atoms with Crippen molar-refractivity contribution in [3.8, 4) is 0 Å². The molecule has 5 N–H and O–H groups in total. The monoisotopic (exact) mass is 788 g/mol. The van der Waals surface area contributed by atoms with E-state index in [0.29, 0.717) is 11.5 Å². The Hall–Kier alpha value is -4.20. The molecule has 0 unspecified atom stereocenters. The second-order valence-electron chi connectivity index (χ2n) is 12.9. The van der Waals surface area contributed by atoms with Crippen molar-refractivity contribution in [1.82, 2.24) is 21.0 Å². The van der Waals surface area contributed by atoms with Gasteiger partial charge in [0.15, 0.2) is 0 Å². The first kappa shape index (κ1) is 48.8. The number of hydrogen-bond donors (Lipinski definition) is 5. The van der Waals surface area contributed by atoms with E-state index >= 15 is 0 Å². The Morgan fingerprint density at radius 2 is 1.04 bits per heavy atom. The van der Waals surface area contributed by atoms with Gasteiger partial charge in [0.2, 0.25) is 17.7 Å². The molecule has 0 spiro atoms. The zero-order valence-corrected chi connectivity index (χ0v) is 31.8. The van der Waals surface area contributed by atoms with Crippen molar-refractivity contribution in [3.05, 3.63) is 0 Å². The normalized spacial score (nSPS) is 13.1. The number of rotatable bonds is 36. The Kier molecular flexibility index (Phi) is 28.5. The Labute approximate surface area is 321 Å². The Morgan fingerprint density at radius 3 is 1.58 bits per heavy atom. The second kappa shape index (κ2) is 32.1. The van der Waals surface area contributed by atoms with Gasteiger partial charge in [-0.25, -0.2) is 9.59 Å². The third-order valence-electron chi connectivity index (χ3n) is 8.11. The van der Waals surface area contributed by atoms with Crippen LogP contribution in [0.3, 0.4) is 0 Å². The largest absolute Gasteiger partial charge is 0.481 e. The average molecular weight is 789 g/mol. The molecule has 1 aliphatic rings. The molecule has 1 rings (SSSR count). The molecule has 1 aliphatic heterocycles. The SMILES string of the molecule is O=C(O)CCCCCCCCCCCCC(=O)N[C@@H](CCCC(=O)NCCOCCOCC(=O)NCCOCCOCC(=O)ON1C(=O)CCC1=O)C(=O)O. The number of nitrogens with one attached hydrogen (secondary N) is 3. The van der Waals surface area contributed by atoms with Crippen LogP contribution in [0.15, 0.2) is 0 Å². The van der Waals surface area contributed by atoms with Crippen LogP contribution < -0.4 is 16.0 Å². The first-order valence-electron chi connectivity index (χ1n) is 19.1. The number of aliphatic carboxylic acids is 2. The predicted octanol–water partition coefficient (Wildman–Crippen LogP) is 1.40. The summed E-state index contributed by atoms with van der Waals surface area (Å²) in [6.07, 6.45) is 10.7.